The minimum absolute atomic E-state index is 0.283. The van der Waals surface area contributed by atoms with Gasteiger partial charge >= 0.3 is 18.0 Å². The van der Waals surface area contributed by atoms with E-state index in [4.69, 9.17) is 0 Å². The first-order valence-electron chi connectivity index (χ1n) is 3.69. The first-order valence-corrected chi connectivity index (χ1v) is 3.69. The minimum atomic E-state index is -0.840. The molecular weight excluding hydrogens is 194 g/mol. The van der Waals surface area contributed by atoms with Crippen molar-refractivity contribution in [1.29, 1.82) is 0 Å². The van der Waals surface area contributed by atoms with E-state index < -0.39 is 24.8 Å². The Balaban J connectivity index is 3.37. The van der Waals surface area contributed by atoms with Crippen LogP contribution in [0.5, 0.6) is 0 Å². The topological polar surface area (TPSA) is 90.9 Å². The summed E-state index contributed by atoms with van der Waals surface area (Å²) in [4.78, 5) is 31.2. The highest BCUT2D eigenvalue weighted by Crippen LogP contribution is 1.81. The highest BCUT2D eigenvalue weighted by Gasteiger charge is 2.02. The Kier molecular flexibility index (Phi) is 5.84. The van der Waals surface area contributed by atoms with Gasteiger partial charge in [-0.25, -0.2) is 4.79 Å². The van der Waals surface area contributed by atoms with Crippen molar-refractivity contribution in [2.45, 2.75) is 13.8 Å². The van der Waals surface area contributed by atoms with Crippen molar-refractivity contribution in [2.75, 3.05) is 13.5 Å². The minimum Gasteiger partial charge on any atom is -0.444 e. The number of amides is 1. The summed E-state index contributed by atoms with van der Waals surface area (Å²) in [6, 6.07) is 0. The van der Waals surface area contributed by atoms with Crippen molar-refractivity contribution in [3.8, 4) is 0 Å². The molecule has 1 N–H and O–H groups in total. The Morgan fingerprint density at radius 2 is 1.57 bits per heavy atom. The number of rotatable bonds is 4. The van der Waals surface area contributed by atoms with Crippen LogP contribution >= 0.6 is 0 Å². The summed E-state index contributed by atoms with van der Waals surface area (Å²) >= 11 is 0. The van der Waals surface area contributed by atoms with Gasteiger partial charge in [0, 0.05) is 13.8 Å². The van der Waals surface area contributed by atoms with Crippen LogP contribution in [-0.4, -0.2) is 31.6 Å². The molecule has 0 bridgehead atoms. The van der Waals surface area contributed by atoms with Gasteiger partial charge in [-0.15, -0.1) is 0 Å². The van der Waals surface area contributed by atoms with Crippen LogP contribution in [-0.2, 0) is 23.8 Å². The maximum atomic E-state index is 10.7. The fourth-order valence-electron chi connectivity index (χ4n) is 0.414. The van der Waals surface area contributed by atoms with E-state index in [1.54, 1.807) is 0 Å². The van der Waals surface area contributed by atoms with E-state index in [1.807, 2.05) is 0 Å². The van der Waals surface area contributed by atoms with Gasteiger partial charge in [0.25, 0.3) is 0 Å². The first-order chi connectivity index (χ1) is 6.52. The molecule has 0 aromatic heterocycles. The molecule has 0 fully saturated rings. The van der Waals surface area contributed by atoms with Crippen LogP contribution in [0.1, 0.15) is 13.8 Å². The molecule has 0 aliphatic heterocycles. The lowest BCUT2D eigenvalue weighted by Gasteiger charge is -2.06. The number of hydrogen-bond acceptors (Lipinski definition) is 6. The number of nitrogens with one attached hydrogen (secondary N) is 1. The maximum Gasteiger partial charge on any atom is 0.412 e. The molecule has 0 unspecified atom stereocenters. The third-order valence-corrected chi connectivity index (χ3v) is 0.944. The Morgan fingerprint density at radius 3 is 2.07 bits per heavy atom. The molecular formula is C7H11NO6. The SMILES string of the molecule is CC(=O)OCNC(=O)OCOC(C)=O. The van der Waals surface area contributed by atoms with Crippen LogP contribution in [0.15, 0.2) is 0 Å². The smallest absolute Gasteiger partial charge is 0.412 e. The lowest BCUT2D eigenvalue weighted by atomic mass is 10.8. The van der Waals surface area contributed by atoms with Gasteiger partial charge in [-0.1, -0.05) is 0 Å². The standard InChI is InChI=1S/C7H11NO6/c1-5(9)12-3-8-7(11)14-4-13-6(2)10/h3-4H2,1-2H3,(H,8,11). The van der Waals surface area contributed by atoms with E-state index in [-0.39, 0.29) is 6.73 Å². The molecule has 0 radical (unpaired) electrons. The summed E-state index contributed by atoms with van der Waals surface area (Å²) in [5, 5.41) is 2.09. The Morgan fingerprint density at radius 1 is 1.00 bits per heavy atom. The predicted octanol–water partition coefficient (Wildman–Crippen LogP) is -0.246. The molecule has 7 heteroatoms. The highest BCUT2D eigenvalue weighted by molar-refractivity contribution is 5.69. The predicted molar refractivity (Wildman–Crippen MR) is 42.9 cm³/mol. The largest absolute Gasteiger partial charge is 0.444 e. The summed E-state index contributed by atoms with van der Waals surface area (Å²) in [7, 11) is 0. The second-order valence-corrected chi connectivity index (χ2v) is 2.14. The van der Waals surface area contributed by atoms with Crippen molar-refractivity contribution in [2.24, 2.45) is 0 Å². The summed E-state index contributed by atoms with van der Waals surface area (Å²) in [6.07, 6.45) is -0.840. The maximum absolute atomic E-state index is 10.7. The van der Waals surface area contributed by atoms with Gasteiger partial charge in [0.2, 0.25) is 6.79 Å². The van der Waals surface area contributed by atoms with Gasteiger partial charge in [0.15, 0.2) is 6.73 Å². The van der Waals surface area contributed by atoms with Crippen molar-refractivity contribution >= 4 is 18.0 Å². The summed E-state index contributed by atoms with van der Waals surface area (Å²) in [5.74, 6) is -1.08. The van der Waals surface area contributed by atoms with E-state index in [0.717, 1.165) is 0 Å². The lowest BCUT2D eigenvalue weighted by molar-refractivity contribution is -0.149. The van der Waals surface area contributed by atoms with Crippen molar-refractivity contribution in [1.82, 2.24) is 5.32 Å². The number of ether oxygens (including phenoxy) is 3. The van der Waals surface area contributed by atoms with Crippen molar-refractivity contribution in [3.05, 3.63) is 0 Å². The molecule has 0 saturated heterocycles. The third-order valence-electron chi connectivity index (χ3n) is 0.944. The third kappa shape index (κ3) is 8.31. The molecule has 0 rings (SSSR count). The zero-order chi connectivity index (χ0) is 11.0. The van der Waals surface area contributed by atoms with E-state index in [9.17, 15) is 14.4 Å². The molecule has 0 aromatic carbocycles. The molecule has 0 saturated carbocycles. The molecule has 0 heterocycles. The molecule has 0 aromatic rings. The molecule has 80 valence electrons. The van der Waals surface area contributed by atoms with Gasteiger partial charge in [0.05, 0.1) is 0 Å². The highest BCUT2D eigenvalue weighted by atomic mass is 16.7. The van der Waals surface area contributed by atoms with E-state index in [1.165, 1.54) is 13.8 Å². The fraction of sp³-hybridized carbons (Fsp3) is 0.571. The monoisotopic (exact) mass is 205 g/mol. The van der Waals surface area contributed by atoms with Gasteiger partial charge in [-0.3, -0.25) is 14.9 Å². The number of carbonyl (C=O) groups excluding carboxylic acids is 3. The van der Waals surface area contributed by atoms with Gasteiger partial charge in [-0.05, 0) is 0 Å². The molecule has 0 aliphatic rings. The van der Waals surface area contributed by atoms with Crippen LogP contribution in [0.4, 0.5) is 4.79 Å². The summed E-state index contributed by atoms with van der Waals surface area (Å²) in [6.45, 7) is 1.63. The van der Waals surface area contributed by atoms with Crippen LogP contribution in [0.3, 0.4) is 0 Å². The van der Waals surface area contributed by atoms with Crippen LogP contribution in [0, 0.1) is 0 Å². The Bertz CT molecular complexity index is 204. The summed E-state index contributed by atoms with van der Waals surface area (Å²) in [5.41, 5.74) is 0. The van der Waals surface area contributed by atoms with E-state index >= 15 is 0 Å². The number of alkyl carbamates (subject to hydrolysis) is 1. The number of hydrogen-bond donors (Lipinski definition) is 1. The Labute approximate surface area is 80.3 Å². The molecule has 1 amide bonds. The van der Waals surface area contributed by atoms with Gasteiger partial charge in [-0.2, -0.15) is 0 Å². The summed E-state index contributed by atoms with van der Waals surface area (Å²) < 4.78 is 13.0. The van der Waals surface area contributed by atoms with Crippen LogP contribution in [0.25, 0.3) is 0 Å². The normalized spacial score (nSPS) is 8.71. The average Bonchev–Trinajstić information content (AvgIpc) is 2.02. The second-order valence-electron chi connectivity index (χ2n) is 2.14. The van der Waals surface area contributed by atoms with Crippen LogP contribution < -0.4 is 5.32 Å². The quantitative estimate of drug-likeness (QED) is 0.502. The molecule has 7 nitrogen and oxygen atoms in total. The zero-order valence-electron chi connectivity index (χ0n) is 7.86. The van der Waals surface area contributed by atoms with Crippen LogP contribution in [0.2, 0.25) is 0 Å². The lowest BCUT2D eigenvalue weighted by Crippen LogP contribution is -2.28. The van der Waals surface area contributed by atoms with Gasteiger partial charge in [0.1, 0.15) is 0 Å². The molecule has 0 spiro atoms. The zero-order valence-corrected chi connectivity index (χ0v) is 7.86. The van der Waals surface area contributed by atoms with E-state index in [2.05, 4.69) is 19.5 Å². The van der Waals surface area contributed by atoms with Crippen molar-refractivity contribution in [3.63, 3.8) is 0 Å². The van der Waals surface area contributed by atoms with Crippen molar-refractivity contribution < 1.29 is 28.6 Å². The number of esters is 2. The second kappa shape index (κ2) is 6.70. The first kappa shape index (κ1) is 12.2. The molecule has 0 atom stereocenters. The van der Waals surface area contributed by atoms with E-state index in [0.29, 0.717) is 0 Å². The van der Waals surface area contributed by atoms with Gasteiger partial charge < -0.3 is 14.2 Å². The average molecular weight is 205 g/mol. The Hall–Kier alpha value is -1.79. The molecule has 0 aliphatic carbocycles. The number of carbonyl (C=O) groups is 3. The fourth-order valence-corrected chi connectivity index (χ4v) is 0.414. The molecule has 14 heavy (non-hydrogen) atoms.